The second-order valence-corrected chi connectivity index (χ2v) is 6.08. The van der Waals surface area contributed by atoms with Gasteiger partial charge in [-0.2, -0.15) is 9.97 Å². The van der Waals surface area contributed by atoms with Crippen LogP contribution in [0.15, 0.2) is 84.6 Å². The molecule has 0 atom stereocenters. The van der Waals surface area contributed by atoms with E-state index >= 15 is 0 Å². The molecule has 7 heteroatoms. The number of aromatic nitrogens is 3. The molecule has 1 aliphatic rings. The van der Waals surface area contributed by atoms with Crippen LogP contribution in [0, 0.1) is 5.41 Å². The van der Waals surface area contributed by atoms with Crippen LogP contribution < -0.4 is 10.1 Å². The lowest BCUT2D eigenvalue weighted by atomic mass is 10.1. The summed E-state index contributed by atoms with van der Waals surface area (Å²) in [5, 5.41) is 21.9. The normalized spacial score (nSPS) is 14.9. The minimum absolute atomic E-state index is 0.00340. The van der Waals surface area contributed by atoms with Crippen molar-refractivity contribution in [3.8, 4) is 11.9 Å². The van der Waals surface area contributed by atoms with Crippen LogP contribution in [0.4, 0.5) is 0 Å². The number of fused-ring (bicyclic) bond motifs is 1. The van der Waals surface area contributed by atoms with Gasteiger partial charge in [0.1, 0.15) is 5.76 Å². The van der Waals surface area contributed by atoms with Gasteiger partial charge < -0.3 is 20.6 Å². The fourth-order valence-corrected chi connectivity index (χ4v) is 2.69. The maximum absolute atomic E-state index is 10.0. The van der Waals surface area contributed by atoms with Crippen LogP contribution in [-0.2, 0) is 6.54 Å². The predicted octanol–water partition coefficient (Wildman–Crippen LogP) is 3.26. The van der Waals surface area contributed by atoms with Gasteiger partial charge in [0.05, 0.1) is 22.8 Å². The van der Waals surface area contributed by atoms with Crippen molar-refractivity contribution in [1.82, 2.24) is 20.3 Å². The van der Waals surface area contributed by atoms with Crippen molar-refractivity contribution in [1.29, 1.82) is 5.41 Å². The molecule has 0 unspecified atom stereocenters. The molecular weight excluding hydrogens is 354 g/mol. The standard InChI is InChI=1S/C21H17N5O2/c22-18-10-16(7-6-15(18)12-24-11-14-4-2-1-3-5-14)28-21-25-19-13-23-9-8-17(19)20(27)26-21/h1-10,12-13,22,24H,11H2,(H,25,26,27)/b15-12-,22-18?. The van der Waals surface area contributed by atoms with Gasteiger partial charge in [-0.15, -0.1) is 0 Å². The number of pyridine rings is 1. The Kier molecular flexibility index (Phi) is 4.79. The zero-order chi connectivity index (χ0) is 19.3. The van der Waals surface area contributed by atoms with Crippen LogP contribution in [0.2, 0.25) is 0 Å². The Morgan fingerprint density at radius 2 is 1.96 bits per heavy atom. The molecule has 0 saturated heterocycles. The van der Waals surface area contributed by atoms with E-state index in [2.05, 4.69) is 20.3 Å². The second-order valence-electron chi connectivity index (χ2n) is 6.08. The van der Waals surface area contributed by atoms with Gasteiger partial charge in [-0.1, -0.05) is 30.3 Å². The lowest BCUT2D eigenvalue weighted by Crippen LogP contribution is -2.11. The molecule has 2 heterocycles. The Hall–Kier alpha value is -4.00. The average molecular weight is 371 g/mol. The van der Waals surface area contributed by atoms with Crippen LogP contribution in [0.3, 0.4) is 0 Å². The molecule has 1 aliphatic carbocycles. The van der Waals surface area contributed by atoms with Crippen LogP contribution in [0.25, 0.3) is 10.9 Å². The van der Waals surface area contributed by atoms with Crippen molar-refractivity contribution in [2.45, 2.75) is 6.54 Å². The predicted molar refractivity (Wildman–Crippen MR) is 106 cm³/mol. The third-order valence-electron chi connectivity index (χ3n) is 4.10. The molecule has 0 spiro atoms. The second kappa shape index (κ2) is 7.71. The van der Waals surface area contributed by atoms with Gasteiger partial charge in [0, 0.05) is 30.6 Å². The first-order valence-corrected chi connectivity index (χ1v) is 8.64. The number of aromatic hydroxyl groups is 1. The van der Waals surface area contributed by atoms with Crippen molar-refractivity contribution in [2.75, 3.05) is 0 Å². The van der Waals surface area contributed by atoms with E-state index in [1.54, 1.807) is 36.7 Å². The zero-order valence-corrected chi connectivity index (χ0v) is 14.8. The van der Waals surface area contributed by atoms with E-state index in [4.69, 9.17) is 10.1 Å². The number of hydrogen-bond acceptors (Lipinski definition) is 7. The topological polar surface area (TPSA) is 104 Å². The highest BCUT2D eigenvalue weighted by molar-refractivity contribution is 6.09. The fraction of sp³-hybridized carbons (Fsp3) is 0.0476. The molecule has 28 heavy (non-hydrogen) atoms. The Bertz CT molecular complexity index is 1120. The quantitative estimate of drug-likeness (QED) is 0.636. The summed E-state index contributed by atoms with van der Waals surface area (Å²) < 4.78 is 5.61. The van der Waals surface area contributed by atoms with Gasteiger partial charge in [-0.25, -0.2) is 0 Å². The Morgan fingerprint density at radius 3 is 2.79 bits per heavy atom. The summed E-state index contributed by atoms with van der Waals surface area (Å²) >= 11 is 0. The van der Waals surface area contributed by atoms with E-state index in [0.29, 0.717) is 28.9 Å². The molecule has 0 radical (unpaired) electrons. The van der Waals surface area contributed by atoms with Crippen molar-refractivity contribution in [3.63, 3.8) is 0 Å². The van der Waals surface area contributed by atoms with Crippen LogP contribution in [-0.4, -0.2) is 25.8 Å². The van der Waals surface area contributed by atoms with Crippen LogP contribution >= 0.6 is 0 Å². The van der Waals surface area contributed by atoms with Gasteiger partial charge in [-0.3, -0.25) is 4.98 Å². The molecule has 3 N–H and O–H groups in total. The first-order valence-electron chi connectivity index (χ1n) is 8.64. The summed E-state index contributed by atoms with van der Waals surface area (Å²) in [7, 11) is 0. The highest BCUT2D eigenvalue weighted by atomic mass is 16.5. The molecule has 138 valence electrons. The summed E-state index contributed by atoms with van der Waals surface area (Å²) in [6, 6.07) is 11.6. The Balaban J connectivity index is 1.44. The smallest absolute Gasteiger partial charge is 0.325 e. The van der Waals surface area contributed by atoms with Gasteiger partial charge in [0.15, 0.2) is 0 Å². The molecule has 0 bridgehead atoms. The molecule has 7 nitrogen and oxygen atoms in total. The molecule has 1 aromatic carbocycles. The monoisotopic (exact) mass is 371 g/mol. The number of hydrogen-bond donors (Lipinski definition) is 3. The summed E-state index contributed by atoms with van der Waals surface area (Å²) in [5.41, 5.74) is 2.67. The lowest BCUT2D eigenvalue weighted by Gasteiger charge is -2.12. The largest absolute Gasteiger partial charge is 0.493 e. The Morgan fingerprint density at radius 1 is 1.11 bits per heavy atom. The number of nitrogens with one attached hydrogen (secondary N) is 2. The number of allylic oxidation sites excluding steroid dienone is 4. The summed E-state index contributed by atoms with van der Waals surface area (Å²) in [5.74, 6) is 0.233. The third kappa shape index (κ3) is 3.88. The first-order chi connectivity index (χ1) is 13.7. The molecule has 0 fully saturated rings. The maximum atomic E-state index is 10.0. The molecule has 0 saturated carbocycles. The molecule has 4 rings (SSSR count). The minimum atomic E-state index is -0.177. The van der Waals surface area contributed by atoms with E-state index in [1.165, 1.54) is 6.20 Å². The molecule has 3 aromatic rings. The van der Waals surface area contributed by atoms with Crippen molar-refractivity contribution in [3.05, 3.63) is 90.1 Å². The summed E-state index contributed by atoms with van der Waals surface area (Å²) in [4.78, 5) is 12.2. The van der Waals surface area contributed by atoms with E-state index in [9.17, 15) is 5.11 Å². The third-order valence-corrected chi connectivity index (χ3v) is 4.10. The minimum Gasteiger partial charge on any atom is -0.493 e. The summed E-state index contributed by atoms with van der Waals surface area (Å²) in [6.07, 6.45) is 9.95. The van der Waals surface area contributed by atoms with E-state index < -0.39 is 0 Å². The number of rotatable bonds is 5. The first kappa shape index (κ1) is 17.4. The van der Waals surface area contributed by atoms with Crippen LogP contribution in [0.1, 0.15) is 5.56 Å². The average Bonchev–Trinajstić information content (AvgIpc) is 2.70. The molecule has 0 amide bonds. The van der Waals surface area contributed by atoms with Gasteiger partial charge in [-0.05, 0) is 23.8 Å². The van der Waals surface area contributed by atoms with E-state index in [-0.39, 0.29) is 11.9 Å². The Labute approximate surface area is 161 Å². The lowest BCUT2D eigenvalue weighted by molar-refractivity contribution is 0.390. The van der Waals surface area contributed by atoms with Gasteiger partial charge in [0.25, 0.3) is 0 Å². The van der Waals surface area contributed by atoms with Crippen LogP contribution in [0.5, 0.6) is 11.9 Å². The van der Waals surface area contributed by atoms with E-state index in [1.807, 2.05) is 30.3 Å². The number of ether oxygens (including phenoxy) is 1. The van der Waals surface area contributed by atoms with Crippen molar-refractivity contribution >= 4 is 16.6 Å². The highest BCUT2D eigenvalue weighted by Gasteiger charge is 2.12. The molecular formula is C21H17N5O2. The highest BCUT2D eigenvalue weighted by Crippen LogP contribution is 2.24. The van der Waals surface area contributed by atoms with Crippen molar-refractivity contribution < 1.29 is 9.84 Å². The maximum Gasteiger partial charge on any atom is 0.325 e. The SMILES string of the molecule is N=C1C=C(Oc2nc(O)c3ccncc3n2)C=C/C1=C/NCc1ccccc1. The molecule has 0 aliphatic heterocycles. The van der Waals surface area contributed by atoms with Gasteiger partial charge in [0.2, 0.25) is 5.88 Å². The summed E-state index contributed by atoms with van der Waals surface area (Å²) in [6.45, 7) is 0.677. The zero-order valence-electron chi connectivity index (χ0n) is 14.8. The molecule has 2 aromatic heterocycles. The van der Waals surface area contributed by atoms with Crippen molar-refractivity contribution in [2.24, 2.45) is 0 Å². The van der Waals surface area contributed by atoms with E-state index in [0.717, 1.165) is 11.1 Å². The number of nitrogens with zero attached hydrogens (tertiary/aromatic N) is 3. The van der Waals surface area contributed by atoms with Gasteiger partial charge >= 0.3 is 6.01 Å². The fourth-order valence-electron chi connectivity index (χ4n) is 2.69. The number of benzene rings is 1.